The summed E-state index contributed by atoms with van der Waals surface area (Å²) in [4.78, 5) is 1.16. The van der Waals surface area contributed by atoms with Crippen LogP contribution in [0.1, 0.15) is 26.3 Å². The summed E-state index contributed by atoms with van der Waals surface area (Å²) in [5.74, 6) is 0.152. The van der Waals surface area contributed by atoms with Gasteiger partial charge in [0.2, 0.25) is 0 Å². The van der Waals surface area contributed by atoms with E-state index in [9.17, 15) is 5.11 Å². The number of thiol groups is 2. The van der Waals surface area contributed by atoms with Crippen LogP contribution in [0.5, 0.6) is 5.75 Å². The van der Waals surface area contributed by atoms with Gasteiger partial charge in [-0.3, -0.25) is 0 Å². The van der Waals surface area contributed by atoms with Crippen molar-refractivity contribution < 1.29 is 5.11 Å². The molecule has 0 spiro atoms. The minimum absolute atomic E-state index is 0.0582. The van der Waals surface area contributed by atoms with E-state index in [2.05, 4.69) is 46.0 Å². The summed E-state index contributed by atoms with van der Waals surface area (Å²) in [5.41, 5.74) is 1.18. The third-order valence-electron chi connectivity index (χ3n) is 1.94. The molecule has 0 aromatic heterocycles. The molecule has 13 heavy (non-hydrogen) atoms. The first kappa shape index (κ1) is 10.8. The van der Waals surface area contributed by atoms with Crippen molar-refractivity contribution in [2.24, 2.45) is 0 Å². The molecular formula is C10H14OS2. The van der Waals surface area contributed by atoms with Crippen LogP contribution in [-0.2, 0) is 5.41 Å². The second kappa shape index (κ2) is 3.46. The van der Waals surface area contributed by atoms with E-state index in [4.69, 9.17) is 0 Å². The van der Waals surface area contributed by atoms with Gasteiger partial charge in [0.1, 0.15) is 5.75 Å². The third kappa shape index (κ3) is 2.35. The first-order chi connectivity index (χ1) is 5.82. The summed E-state index contributed by atoms with van der Waals surface area (Å²) in [7, 11) is 0. The molecule has 72 valence electrons. The highest BCUT2D eigenvalue weighted by molar-refractivity contribution is 7.81. The summed E-state index contributed by atoms with van der Waals surface area (Å²) < 4.78 is 0. The Labute approximate surface area is 90.0 Å². The van der Waals surface area contributed by atoms with Gasteiger partial charge in [0.05, 0.1) is 0 Å². The lowest BCUT2D eigenvalue weighted by molar-refractivity contribution is 0.447. The van der Waals surface area contributed by atoms with Crippen molar-refractivity contribution >= 4 is 25.3 Å². The normalized spacial score (nSPS) is 11.8. The molecule has 1 nitrogen and oxygen atoms in total. The molecule has 1 aromatic rings. The van der Waals surface area contributed by atoms with Gasteiger partial charge < -0.3 is 5.11 Å². The molecule has 0 atom stereocenters. The van der Waals surface area contributed by atoms with Gasteiger partial charge in [0.25, 0.3) is 0 Å². The van der Waals surface area contributed by atoms with Crippen LogP contribution in [0.3, 0.4) is 0 Å². The zero-order valence-corrected chi connectivity index (χ0v) is 9.79. The lowest BCUT2D eigenvalue weighted by Gasteiger charge is -2.20. The van der Waals surface area contributed by atoms with Crippen LogP contribution in [0.15, 0.2) is 21.9 Å². The Kier molecular flexibility index (Phi) is 2.88. The maximum atomic E-state index is 9.44. The molecule has 0 radical (unpaired) electrons. The quantitative estimate of drug-likeness (QED) is 0.566. The number of hydrogen-bond acceptors (Lipinski definition) is 3. The van der Waals surface area contributed by atoms with E-state index < -0.39 is 0 Å². The monoisotopic (exact) mass is 214 g/mol. The first-order valence-electron chi connectivity index (χ1n) is 4.08. The van der Waals surface area contributed by atoms with E-state index in [1.54, 1.807) is 0 Å². The van der Waals surface area contributed by atoms with Gasteiger partial charge in [-0.1, -0.05) is 20.8 Å². The van der Waals surface area contributed by atoms with Crippen LogP contribution in [0.2, 0.25) is 0 Å². The standard InChI is InChI=1S/C10H14OS2/c1-10(2,3)6-4-7(12)9(11)8(13)5-6/h4-5,11-13H,1-3H3. The Morgan fingerprint density at radius 3 is 1.77 bits per heavy atom. The summed E-state index contributed by atoms with van der Waals surface area (Å²) in [6.07, 6.45) is 0. The topological polar surface area (TPSA) is 20.2 Å². The van der Waals surface area contributed by atoms with Crippen LogP contribution in [0.4, 0.5) is 0 Å². The maximum absolute atomic E-state index is 9.44. The molecule has 0 heterocycles. The molecule has 1 rings (SSSR count). The predicted molar refractivity (Wildman–Crippen MR) is 61.3 cm³/mol. The van der Waals surface area contributed by atoms with Gasteiger partial charge in [0.15, 0.2) is 0 Å². The molecule has 0 unspecified atom stereocenters. The van der Waals surface area contributed by atoms with E-state index in [1.807, 2.05) is 12.1 Å². The number of hydrogen-bond donors (Lipinski definition) is 3. The van der Waals surface area contributed by atoms with E-state index in [0.29, 0.717) is 9.79 Å². The van der Waals surface area contributed by atoms with Gasteiger partial charge in [-0.05, 0) is 23.1 Å². The molecule has 0 amide bonds. The van der Waals surface area contributed by atoms with Gasteiger partial charge in [0, 0.05) is 9.79 Å². The first-order valence-corrected chi connectivity index (χ1v) is 4.97. The van der Waals surface area contributed by atoms with Crippen LogP contribution < -0.4 is 0 Å². The van der Waals surface area contributed by atoms with E-state index in [1.165, 1.54) is 0 Å². The molecule has 0 saturated heterocycles. The molecule has 0 aliphatic heterocycles. The predicted octanol–water partition coefficient (Wildman–Crippen LogP) is 3.27. The number of phenols is 1. The molecule has 0 fully saturated rings. The smallest absolute Gasteiger partial charge is 0.142 e. The van der Waals surface area contributed by atoms with Crippen LogP contribution in [0.25, 0.3) is 0 Å². The van der Waals surface area contributed by atoms with Crippen molar-refractivity contribution in [2.45, 2.75) is 36.0 Å². The zero-order chi connectivity index (χ0) is 10.2. The molecule has 0 aliphatic rings. The molecule has 0 aliphatic carbocycles. The highest BCUT2D eigenvalue weighted by atomic mass is 32.1. The lowest BCUT2D eigenvalue weighted by atomic mass is 9.87. The Morgan fingerprint density at radius 2 is 1.46 bits per heavy atom. The maximum Gasteiger partial charge on any atom is 0.142 e. The zero-order valence-electron chi connectivity index (χ0n) is 8.00. The number of phenolic OH excluding ortho intramolecular Hbond substituents is 1. The molecule has 3 heteroatoms. The average molecular weight is 214 g/mol. The Balaban J connectivity index is 3.29. The highest BCUT2D eigenvalue weighted by Gasteiger charge is 2.16. The van der Waals surface area contributed by atoms with Crippen LogP contribution >= 0.6 is 25.3 Å². The van der Waals surface area contributed by atoms with Crippen LogP contribution in [-0.4, -0.2) is 5.11 Å². The Morgan fingerprint density at radius 1 is 1.08 bits per heavy atom. The molecule has 0 bridgehead atoms. The fourth-order valence-corrected chi connectivity index (χ4v) is 1.64. The van der Waals surface area contributed by atoms with E-state index >= 15 is 0 Å². The Bertz CT molecular complexity index is 303. The molecule has 1 aromatic carbocycles. The SMILES string of the molecule is CC(C)(C)c1cc(S)c(O)c(S)c1. The summed E-state index contributed by atoms with van der Waals surface area (Å²) in [5, 5.41) is 9.44. The second-order valence-corrected chi connectivity index (χ2v) is 5.08. The molecule has 0 saturated carbocycles. The number of benzene rings is 1. The van der Waals surface area contributed by atoms with E-state index in [-0.39, 0.29) is 11.2 Å². The molecular weight excluding hydrogens is 200 g/mol. The summed E-state index contributed by atoms with van der Waals surface area (Å²) in [6.45, 7) is 6.33. The van der Waals surface area contributed by atoms with Crippen molar-refractivity contribution in [1.82, 2.24) is 0 Å². The molecule has 1 N–H and O–H groups in total. The third-order valence-corrected chi connectivity index (χ3v) is 2.62. The van der Waals surface area contributed by atoms with E-state index in [0.717, 1.165) is 5.56 Å². The van der Waals surface area contributed by atoms with Gasteiger partial charge in [-0.2, -0.15) is 0 Å². The highest BCUT2D eigenvalue weighted by Crippen LogP contribution is 2.34. The minimum Gasteiger partial charge on any atom is -0.506 e. The van der Waals surface area contributed by atoms with Crippen molar-refractivity contribution in [1.29, 1.82) is 0 Å². The van der Waals surface area contributed by atoms with Gasteiger partial charge >= 0.3 is 0 Å². The summed E-state index contributed by atoms with van der Waals surface area (Å²) >= 11 is 8.34. The fourth-order valence-electron chi connectivity index (χ4n) is 1.04. The van der Waals surface area contributed by atoms with Crippen molar-refractivity contribution in [2.75, 3.05) is 0 Å². The van der Waals surface area contributed by atoms with Crippen molar-refractivity contribution in [3.8, 4) is 5.75 Å². The van der Waals surface area contributed by atoms with Crippen molar-refractivity contribution in [3.63, 3.8) is 0 Å². The second-order valence-electron chi connectivity index (χ2n) is 4.11. The largest absolute Gasteiger partial charge is 0.506 e. The van der Waals surface area contributed by atoms with Crippen molar-refractivity contribution in [3.05, 3.63) is 17.7 Å². The van der Waals surface area contributed by atoms with Gasteiger partial charge in [-0.15, -0.1) is 25.3 Å². The Hall–Kier alpha value is -0.280. The lowest BCUT2D eigenvalue weighted by Crippen LogP contribution is -2.10. The number of rotatable bonds is 0. The summed E-state index contributed by atoms with van der Waals surface area (Å²) in [6, 6.07) is 3.75. The van der Waals surface area contributed by atoms with Gasteiger partial charge in [-0.25, -0.2) is 0 Å². The minimum atomic E-state index is 0.0582. The fraction of sp³-hybridized carbons (Fsp3) is 0.400. The number of aromatic hydroxyl groups is 1. The van der Waals surface area contributed by atoms with Crippen LogP contribution in [0, 0.1) is 0 Å². The average Bonchev–Trinajstić information content (AvgIpc) is 1.97.